The summed E-state index contributed by atoms with van der Waals surface area (Å²) < 4.78 is 29.0. The fourth-order valence-electron chi connectivity index (χ4n) is 5.20. The lowest BCUT2D eigenvalue weighted by atomic mass is 9.70. The van der Waals surface area contributed by atoms with Crippen LogP contribution in [0.3, 0.4) is 0 Å². The Morgan fingerprint density at radius 1 is 0.929 bits per heavy atom. The molecule has 1 atom stereocenters. The summed E-state index contributed by atoms with van der Waals surface area (Å²) in [6.07, 6.45) is 18.7. The van der Waals surface area contributed by atoms with Crippen molar-refractivity contribution in [1.82, 2.24) is 0 Å². The van der Waals surface area contributed by atoms with Crippen molar-refractivity contribution in [2.24, 2.45) is 17.8 Å². The van der Waals surface area contributed by atoms with Crippen molar-refractivity contribution in [2.75, 3.05) is 0 Å². The zero-order valence-corrected chi connectivity index (χ0v) is 17.3. The minimum atomic E-state index is -2.76. The number of unbranched alkanes of at least 4 members (excludes halogenated alkanes) is 3. The molecule has 1 fully saturated rings. The Hall–Kier alpha value is -1.38. The Morgan fingerprint density at radius 3 is 2.29 bits per heavy atom. The van der Waals surface area contributed by atoms with Gasteiger partial charge in [0.2, 0.25) is 0 Å². The first kappa shape index (κ1) is 21.3. The Bertz CT molecular complexity index is 599. The first-order valence-corrected chi connectivity index (χ1v) is 11.4. The Morgan fingerprint density at radius 2 is 1.68 bits per heavy atom. The summed E-state index contributed by atoms with van der Waals surface area (Å²) in [7, 11) is 0. The molecular formula is C25H36F2O. The van der Waals surface area contributed by atoms with E-state index in [-0.39, 0.29) is 5.75 Å². The highest BCUT2D eigenvalue weighted by atomic mass is 19.3. The van der Waals surface area contributed by atoms with E-state index in [9.17, 15) is 8.78 Å². The van der Waals surface area contributed by atoms with Crippen LogP contribution in [0.25, 0.3) is 5.57 Å². The molecule has 156 valence electrons. The first-order chi connectivity index (χ1) is 13.7. The summed E-state index contributed by atoms with van der Waals surface area (Å²) in [4.78, 5) is 0. The Balaban J connectivity index is 1.43. The van der Waals surface area contributed by atoms with Gasteiger partial charge in [0.05, 0.1) is 0 Å². The third kappa shape index (κ3) is 6.32. The summed E-state index contributed by atoms with van der Waals surface area (Å²) in [5, 5.41) is 0. The molecule has 1 aromatic rings. The zero-order valence-electron chi connectivity index (χ0n) is 17.3. The van der Waals surface area contributed by atoms with Crippen molar-refractivity contribution in [1.29, 1.82) is 0 Å². The second-order valence-corrected chi connectivity index (χ2v) is 8.80. The van der Waals surface area contributed by atoms with Gasteiger partial charge in [-0.1, -0.05) is 70.1 Å². The largest absolute Gasteiger partial charge is 0.435 e. The SMILES string of the molecule is CCCCCC[C@H]1CC[C@H](C2CC=C(c3ccc(OC(F)F)cc3)CC2)CC1. The third-order valence-corrected chi connectivity index (χ3v) is 6.93. The monoisotopic (exact) mass is 390 g/mol. The third-order valence-electron chi connectivity index (χ3n) is 6.93. The lowest BCUT2D eigenvalue weighted by Crippen LogP contribution is -2.23. The van der Waals surface area contributed by atoms with E-state index < -0.39 is 6.61 Å². The molecule has 1 aromatic carbocycles. The molecule has 3 rings (SSSR count). The number of alkyl halides is 2. The van der Waals surface area contributed by atoms with Crippen molar-refractivity contribution in [3.8, 4) is 5.75 Å². The van der Waals surface area contributed by atoms with Gasteiger partial charge < -0.3 is 4.74 Å². The predicted octanol–water partition coefficient (Wildman–Crippen LogP) is 8.25. The molecule has 1 saturated carbocycles. The highest BCUT2D eigenvalue weighted by Gasteiger charge is 2.28. The Kier molecular flexibility index (Phi) is 8.36. The molecule has 0 amide bonds. The summed E-state index contributed by atoms with van der Waals surface area (Å²) in [5.74, 6) is 2.97. The van der Waals surface area contributed by atoms with Crippen LogP contribution in [0, 0.1) is 17.8 Å². The fourth-order valence-corrected chi connectivity index (χ4v) is 5.20. The van der Waals surface area contributed by atoms with Crippen LogP contribution in [0.1, 0.15) is 89.5 Å². The number of ether oxygens (including phenoxy) is 1. The predicted molar refractivity (Wildman–Crippen MR) is 113 cm³/mol. The van der Waals surface area contributed by atoms with Crippen LogP contribution in [0.15, 0.2) is 30.3 Å². The van der Waals surface area contributed by atoms with Crippen LogP contribution in [0.4, 0.5) is 8.78 Å². The van der Waals surface area contributed by atoms with E-state index in [4.69, 9.17) is 0 Å². The van der Waals surface area contributed by atoms with Gasteiger partial charge in [-0.2, -0.15) is 8.78 Å². The van der Waals surface area contributed by atoms with Crippen molar-refractivity contribution in [3.05, 3.63) is 35.9 Å². The standard InChI is InChI=1S/C25H36F2O/c1-2-3-4-5-6-19-7-9-20(10-8-19)21-11-13-22(14-12-21)23-15-17-24(18-16-23)28-25(26)27/h13,15-21,25H,2-12,14H2,1H3/t19-,20-,21?. The van der Waals surface area contributed by atoms with Gasteiger partial charge in [-0.05, 0) is 73.1 Å². The summed E-state index contributed by atoms with van der Waals surface area (Å²) in [5.41, 5.74) is 2.51. The van der Waals surface area contributed by atoms with E-state index in [0.29, 0.717) is 0 Å². The number of benzene rings is 1. The fraction of sp³-hybridized carbons (Fsp3) is 0.680. The maximum Gasteiger partial charge on any atom is 0.387 e. The van der Waals surface area contributed by atoms with E-state index in [1.165, 1.54) is 76.2 Å². The first-order valence-electron chi connectivity index (χ1n) is 11.4. The smallest absolute Gasteiger partial charge is 0.387 e. The molecule has 3 heteroatoms. The second-order valence-electron chi connectivity index (χ2n) is 8.80. The number of halogens is 2. The van der Waals surface area contributed by atoms with E-state index in [2.05, 4.69) is 17.7 Å². The molecule has 0 radical (unpaired) electrons. The van der Waals surface area contributed by atoms with Gasteiger partial charge in [0.1, 0.15) is 5.75 Å². The molecular weight excluding hydrogens is 354 g/mol. The van der Waals surface area contributed by atoms with E-state index in [0.717, 1.165) is 29.7 Å². The number of hydrogen-bond acceptors (Lipinski definition) is 1. The molecule has 1 nitrogen and oxygen atoms in total. The second kappa shape index (κ2) is 11.0. The van der Waals surface area contributed by atoms with E-state index >= 15 is 0 Å². The zero-order chi connectivity index (χ0) is 19.8. The average molecular weight is 391 g/mol. The number of hydrogen-bond donors (Lipinski definition) is 0. The molecule has 0 saturated heterocycles. The van der Waals surface area contributed by atoms with Gasteiger partial charge in [-0.25, -0.2) is 0 Å². The van der Waals surface area contributed by atoms with Crippen molar-refractivity contribution < 1.29 is 13.5 Å². The summed E-state index contributed by atoms with van der Waals surface area (Å²) in [6.45, 7) is -0.474. The highest BCUT2D eigenvalue weighted by Crippen LogP contribution is 2.42. The molecule has 0 bridgehead atoms. The molecule has 28 heavy (non-hydrogen) atoms. The Labute approximate surface area is 169 Å². The summed E-state index contributed by atoms with van der Waals surface area (Å²) in [6, 6.07) is 7.12. The van der Waals surface area contributed by atoms with Crippen molar-refractivity contribution in [3.63, 3.8) is 0 Å². The maximum absolute atomic E-state index is 12.3. The lowest BCUT2D eigenvalue weighted by molar-refractivity contribution is -0.0498. The van der Waals surface area contributed by atoms with Crippen LogP contribution >= 0.6 is 0 Å². The highest BCUT2D eigenvalue weighted by molar-refractivity contribution is 5.66. The number of allylic oxidation sites excluding steroid dienone is 2. The van der Waals surface area contributed by atoms with Gasteiger partial charge in [0.15, 0.2) is 0 Å². The van der Waals surface area contributed by atoms with Crippen LogP contribution in [0.2, 0.25) is 0 Å². The molecule has 0 heterocycles. The van der Waals surface area contributed by atoms with Crippen molar-refractivity contribution in [2.45, 2.75) is 90.6 Å². The maximum atomic E-state index is 12.3. The normalized spacial score (nSPS) is 25.6. The van der Waals surface area contributed by atoms with E-state index in [1.807, 2.05) is 12.1 Å². The van der Waals surface area contributed by atoms with Gasteiger partial charge >= 0.3 is 6.61 Å². The van der Waals surface area contributed by atoms with Gasteiger partial charge in [0, 0.05) is 0 Å². The van der Waals surface area contributed by atoms with Crippen LogP contribution in [-0.2, 0) is 0 Å². The number of rotatable bonds is 9. The molecule has 0 N–H and O–H groups in total. The topological polar surface area (TPSA) is 9.23 Å². The van der Waals surface area contributed by atoms with Gasteiger partial charge in [0.25, 0.3) is 0 Å². The minimum absolute atomic E-state index is 0.236. The molecule has 0 aromatic heterocycles. The van der Waals surface area contributed by atoms with Crippen LogP contribution < -0.4 is 4.74 Å². The van der Waals surface area contributed by atoms with Crippen LogP contribution in [-0.4, -0.2) is 6.61 Å². The lowest BCUT2D eigenvalue weighted by Gasteiger charge is -2.35. The molecule has 1 unspecified atom stereocenters. The summed E-state index contributed by atoms with van der Waals surface area (Å²) >= 11 is 0. The van der Waals surface area contributed by atoms with E-state index in [1.54, 1.807) is 12.1 Å². The van der Waals surface area contributed by atoms with Gasteiger partial charge in [-0.3, -0.25) is 0 Å². The molecule has 2 aliphatic rings. The average Bonchev–Trinajstić information content (AvgIpc) is 2.72. The minimum Gasteiger partial charge on any atom is -0.435 e. The quantitative estimate of drug-likeness (QED) is 0.386. The molecule has 0 spiro atoms. The van der Waals surface area contributed by atoms with Crippen molar-refractivity contribution >= 4 is 5.57 Å². The molecule has 2 aliphatic carbocycles. The van der Waals surface area contributed by atoms with Crippen LogP contribution in [0.5, 0.6) is 5.75 Å². The molecule has 0 aliphatic heterocycles. The van der Waals surface area contributed by atoms with Gasteiger partial charge in [-0.15, -0.1) is 0 Å².